The first-order chi connectivity index (χ1) is 17.6. The van der Waals surface area contributed by atoms with Gasteiger partial charge in [0.2, 0.25) is 6.29 Å². The molecule has 4 rings (SSSR count). The second-order valence-corrected chi connectivity index (χ2v) is 9.93. The highest BCUT2D eigenvalue weighted by Gasteiger charge is 2.51. The van der Waals surface area contributed by atoms with Crippen LogP contribution in [-0.4, -0.2) is 75.0 Å². The third kappa shape index (κ3) is 5.40. The third-order valence-electron chi connectivity index (χ3n) is 7.50. The summed E-state index contributed by atoms with van der Waals surface area (Å²) < 4.78 is 15.0. The fourth-order valence-corrected chi connectivity index (χ4v) is 5.59. The third-order valence-corrected chi connectivity index (χ3v) is 7.50. The molecule has 0 fully saturated rings. The van der Waals surface area contributed by atoms with Crippen molar-refractivity contribution < 1.29 is 53.8 Å². The van der Waals surface area contributed by atoms with Gasteiger partial charge in [-0.2, -0.15) is 0 Å². The van der Waals surface area contributed by atoms with Gasteiger partial charge in [0.1, 0.15) is 6.10 Å². The van der Waals surface area contributed by atoms with Crippen LogP contribution in [0.15, 0.2) is 34.4 Å². The highest BCUT2D eigenvalue weighted by atomic mass is 16.6. The second-order valence-electron chi connectivity index (χ2n) is 9.93. The maximum absolute atomic E-state index is 12.9. The number of cyclic esters (lactones) is 4. The van der Waals surface area contributed by atoms with Crippen molar-refractivity contribution >= 4 is 23.9 Å². The number of aliphatic hydroxyl groups excluding tert-OH is 4. The Bertz CT molecular complexity index is 1050. The van der Waals surface area contributed by atoms with Gasteiger partial charge in [0, 0.05) is 24.0 Å². The molecule has 0 spiro atoms. The van der Waals surface area contributed by atoms with Gasteiger partial charge in [-0.1, -0.05) is 38.7 Å². The van der Waals surface area contributed by atoms with E-state index in [0.29, 0.717) is 6.42 Å². The Labute approximate surface area is 213 Å². The largest absolute Gasteiger partial charge is 0.456 e. The van der Waals surface area contributed by atoms with Gasteiger partial charge in [0.05, 0.1) is 35.0 Å². The summed E-state index contributed by atoms with van der Waals surface area (Å²) in [6.07, 6.45) is -1.25. The molecule has 7 atom stereocenters. The molecule has 11 heteroatoms. The number of carbonyl (C=O) groups is 4. The SMILES string of the molecule is CCCCCC[C@@H](O)[C@@H]1C2=C(C[C@@H]([C@H](O)C3CC=CC(=O)O3)CC3=C(C(=O)OC3=O)[C@@H]1O)C(O)OC2=O. The lowest BCUT2D eigenvalue weighted by atomic mass is 9.80. The van der Waals surface area contributed by atoms with Crippen LogP contribution in [0.5, 0.6) is 0 Å². The molecule has 202 valence electrons. The second kappa shape index (κ2) is 11.3. The first-order valence-corrected chi connectivity index (χ1v) is 12.7. The Kier molecular flexibility index (Phi) is 8.27. The van der Waals surface area contributed by atoms with Crippen LogP contribution in [0.25, 0.3) is 0 Å². The topological polar surface area (TPSA) is 177 Å². The predicted molar refractivity (Wildman–Crippen MR) is 124 cm³/mol. The van der Waals surface area contributed by atoms with Gasteiger partial charge in [-0.25, -0.2) is 19.2 Å². The van der Waals surface area contributed by atoms with Gasteiger partial charge in [0.15, 0.2) is 0 Å². The zero-order chi connectivity index (χ0) is 26.9. The lowest BCUT2D eigenvalue weighted by molar-refractivity contribution is -0.155. The number of carbonyl (C=O) groups excluding carboxylic acids is 4. The molecule has 4 N–H and O–H groups in total. The minimum Gasteiger partial charge on any atom is -0.456 e. The molecule has 0 saturated heterocycles. The van der Waals surface area contributed by atoms with Crippen LogP contribution in [-0.2, 0) is 33.4 Å². The summed E-state index contributed by atoms with van der Waals surface area (Å²) in [4.78, 5) is 49.9. The molecule has 3 aliphatic heterocycles. The summed E-state index contributed by atoms with van der Waals surface area (Å²) in [5.41, 5.74) is -0.748. The highest BCUT2D eigenvalue weighted by Crippen LogP contribution is 2.44. The minimum atomic E-state index is -1.80. The summed E-state index contributed by atoms with van der Waals surface area (Å²) in [6.45, 7) is 2.03. The van der Waals surface area contributed by atoms with Gasteiger partial charge < -0.3 is 34.6 Å². The molecule has 37 heavy (non-hydrogen) atoms. The average Bonchev–Trinajstić information content (AvgIpc) is 3.30. The number of ether oxygens (including phenoxy) is 3. The molecule has 11 nitrogen and oxygen atoms in total. The molecule has 0 aromatic rings. The fourth-order valence-electron chi connectivity index (χ4n) is 5.59. The van der Waals surface area contributed by atoms with Gasteiger partial charge in [-0.3, -0.25) is 0 Å². The number of hydrogen-bond donors (Lipinski definition) is 4. The van der Waals surface area contributed by atoms with Crippen molar-refractivity contribution in [1.82, 2.24) is 0 Å². The van der Waals surface area contributed by atoms with Crippen molar-refractivity contribution in [2.45, 2.75) is 89.0 Å². The summed E-state index contributed by atoms with van der Waals surface area (Å²) in [5.74, 6) is -6.05. The van der Waals surface area contributed by atoms with Crippen LogP contribution < -0.4 is 0 Å². The Hall–Kier alpha value is -2.86. The summed E-state index contributed by atoms with van der Waals surface area (Å²) in [5, 5.41) is 44.2. The zero-order valence-electron chi connectivity index (χ0n) is 20.5. The van der Waals surface area contributed by atoms with Gasteiger partial charge in [-0.15, -0.1) is 0 Å². The molecule has 4 aliphatic rings. The van der Waals surface area contributed by atoms with E-state index in [1.165, 1.54) is 12.2 Å². The van der Waals surface area contributed by atoms with Crippen molar-refractivity contribution in [3.8, 4) is 0 Å². The summed E-state index contributed by atoms with van der Waals surface area (Å²) in [6, 6.07) is 0. The van der Waals surface area contributed by atoms with Crippen molar-refractivity contribution in [3.05, 3.63) is 34.4 Å². The Balaban J connectivity index is 1.77. The van der Waals surface area contributed by atoms with E-state index in [9.17, 15) is 39.6 Å². The Morgan fingerprint density at radius 1 is 0.946 bits per heavy atom. The van der Waals surface area contributed by atoms with E-state index in [2.05, 4.69) is 0 Å². The molecule has 0 aromatic heterocycles. The lowest BCUT2D eigenvalue weighted by Crippen LogP contribution is -2.39. The fraction of sp³-hybridized carbons (Fsp3) is 0.615. The quantitative estimate of drug-likeness (QED) is 0.152. The maximum atomic E-state index is 12.9. The molecule has 0 aromatic carbocycles. The standard InChI is InChI=1S/C26H32O11/c1-2-3-4-5-7-15(27)20-18-13(23(31)36-25(18)33)10-12(21(29)16-8-6-9-17(28)35-16)11-14-19(22(20)30)26(34)37-24(14)32/h6,9,12,15-16,20-23,27,29-31H,2-5,7-8,10-11H2,1H3/t12-,15-,16?,20-,21+,22+,23?/m1/s1. The number of aliphatic hydroxyl groups is 4. The van der Waals surface area contributed by atoms with Crippen LogP contribution in [0.1, 0.15) is 58.3 Å². The molecule has 0 saturated carbocycles. The first kappa shape index (κ1) is 27.2. The normalized spacial score (nSPS) is 31.6. The van der Waals surface area contributed by atoms with Gasteiger partial charge >= 0.3 is 23.9 Å². The van der Waals surface area contributed by atoms with Crippen molar-refractivity contribution in [3.63, 3.8) is 0 Å². The van der Waals surface area contributed by atoms with Crippen LogP contribution in [0.2, 0.25) is 0 Å². The van der Waals surface area contributed by atoms with Crippen LogP contribution in [0, 0.1) is 11.8 Å². The van der Waals surface area contributed by atoms with E-state index in [1.54, 1.807) is 0 Å². The van der Waals surface area contributed by atoms with Crippen molar-refractivity contribution in [2.75, 3.05) is 0 Å². The van der Waals surface area contributed by atoms with E-state index >= 15 is 0 Å². The molecule has 1 aliphatic carbocycles. The molecule has 3 heterocycles. The van der Waals surface area contributed by atoms with Crippen LogP contribution >= 0.6 is 0 Å². The Morgan fingerprint density at radius 3 is 2.41 bits per heavy atom. The lowest BCUT2D eigenvalue weighted by Gasteiger charge is -2.31. The molecule has 0 bridgehead atoms. The molecule has 0 radical (unpaired) electrons. The average molecular weight is 521 g/mol. The molecular weight excluding hydrogens is 488 g/mol. The Morgan fingerprint density at radius 2 is 1.70 bits per heavy atom. The zero-order valence-corrected chi connectivity index (χ0v) is 20.5. The van der Waals surface area contributed by atoms with E-state index in [-0.39, 0.29) is 42.4 Å². The summed E-state index contributed by atoms with van der Waals surface area (Å²) >= 11 is 0. The smallest absolute Gasteiger partial charge is 0.345 e. The maximum Gasteiger partial charge on any atom is 0.345 e. The van der Waals surface area contributed by atoms with E-state index < -0.39 is 72.0 Å². The van der Waals surface area contributed by atoms with Crippen molar-refractivity contribution in [2.24, 2.45) is 11.8 Å². The minimum absolute atomic E-state index is 0.0328. The monoisotopic (exact) mass is 520 g/mol. The molecule has 2 unspecified atom stereocenters. The first-order valence-electron chi connectivity index (χ1n) is 12.7. The summed E-state index contributed by atoms with van der Waals surface area (Å²) in [7, 11) is 0. The van der Waals surface area contributed by atoms with E-state index in [0.717, 1.165) is 19.3 Å². The van der Waals surface area contributed by atoms with Crippen molar-refractivity contribution in [1.29, 1.82) is 0 Å². The van der Waals surface area contributed by atoms with E-state index in [4.69, 9.17) is 14.2 Å². The van der Waals surface area contributed by atoms with Gasteiger partial charge in [-0.05, 0) is 25.2 Å². The highest BCUT2D eigenvalue weighted by molar-refractivity contribution is 6.13. The van der Waals surface area contributed by atoms with Crippen LogP contribution in [0.4, 0.5) is 0 Å². The number of unbranched alkanes of at least 4 members (excludes halogenated alkanes) is 3. The van der Waals surface area contributed by atoms with Gasteiger partial charge in [0.25, 0.3) is 0 Å². The number of hydrogen-bond acceptors (Lipinski definition) is 11. The molecule has 0 amide bonds. The number of rotatable bonds is 8. The molecular formula is C26H32O11. The van der Waals surface area contributed by atoms with E-state index in [1.807, 2.05) is 6.92 Å². The number of esters is 4. The van der Waals surface area contributed by atoms with Crippen LogP contribution in [0.3, 0.4) is 0 Å². The predicted octanol–water partition coefficient (Wildman–Crippen LogP) is 0.489.